The van der Waals surface area contributed by atoms with Gasteiger partial charge in [0, 0.05) is 38.3 Å². The van der Waals surface area contributed by atoms with Crippen LogP contribution in [0.3, 0.4) is 0 Å². The molecule has 1 aliphatic heterocycles. The molecule has 4 rings (SSSR count). The minimum absolute atomic E-state index is 0.0767. The lowest BCUT2D eigenvalue weighted by Gasteiger charge is -2.34. The van der Waals surface area contributed by atoms with Crippen LogP contribution in [0.15, 0.2) is 53.9 Å². The number of nitrogens with zero attached hydrogens (tertiary/aromatic N) is 2. The maximum Gasteiger partial charge on any atom is 0.264 e. The Balaban J connectivity index is 1.28. The van der Waals surface area contributed by atoms with Crippen LogP contribution in [0.2, 0.25) is 0 Å². The number of benzene rings is 2. The van der Waals surface area contributed by atoms with Gasteiger partial charge < -0.3 is 9.64 Å². The van der Waals surface area contributed by atoms with Crippen LogP contribution in [0.1, 0.15) is 31.9 Å². The molecule has 6 heteroatoms. The molecule has 1 amide bonds. The Morgan fingerprint density at radius 1 is 1.00 bits per heavy atom. The molecule has 1 aromatic heterocycles. The number of amides is 1. The number of carbonyl (C=O) groups is 1. The van der Waals surface area contributed by atoms with Gasteiger partial charge >= 0.3 is 0 Å². The number of aryl methyl sites for hydroxylation is 2. The molecule has 0 saturated carbocycles. The third-order valence-corrected chi connectivity index (χ3v) is 6.67. The Bertz CT molecular complexity index is 1060. The zero-order chi connectivity index (χ0) is 21.8. The predicted octanol–water partition coefficient (Wildman–Crippen LogP) is 5.04. The second-order valence-electron chi connectivity index (χ2n) is 8.05. The van der Waals surface area contributed by atoms with Gasteiger partial charge in [0.25, 0.3) is 5.91 Å². The van der Waals surface area contributed by atoms with E-state index in [1.54, 1.807) is 12.1 Å². The molecular formula is C25H27FN2O2S. The molecule has 0 bridgehead atoms. The summed E-state index contributed by atoms with van der Waals surface area (Å²) in [6.45, 7) is 8.25. The van der Waals surface area contributed by atoms with E-state index in [4.69, 9.17) is 4.74 Å². The van der Waals surface area contributed by atoms with Crippen LogP contribution in [0, 0.1) is 19.7 Å². The molecule has 3 aromatic rings. The van der Waals surface area contributed by atoms with Crippen LogP contribution in [0.25, 0.3) is 0 Å². The van der Waals surface area contributed by atoms with Crippen molar-refractivity contribution in [3.05, 3.63) is 86.9 Å². The van der Waals surface area contributed by atoms with Gasteiger partial charge in [-0.1, -0.05) is 18.2 Å². The van der Waals surface area contributed by atoms with Crippen LogP contribution in [0.5, 0.6) is 5.75 Å². The quantitative estimate of drug-likeness (QED) is 0.541. The standard InChI is InChI=1S/C25H27FN2O2S/c1-18-6-7-23(12-19(18)2)30-16-21-14-24(31-17-21)25(29)28-10-8-27(9-11-28)15-20-4-3-5-22(26)13-20/h3-7,12-14,17H,8-11,15-16H2,1-2H3. The SMILES string of the molecule is Cc1ccc(OCc2csc(C(=O)N3CCN(Cc4cccc(F)c4)CC3)c2)cc1C. The molecule has 1 saturated heterocycles. The number of hydrogen-bond donors (Lipinski definition) is 0. The summed E-state index contributed by atoms with van der Waals surface area (Å²) in [7, 11) is 0. The molecule has 0 atom stereocenters. The first-order chi connectivity index (χ1) is 15.0. The van der Waals surface area contributed by atoms with Gasteiger partial charge in [0.15, 0.2) is 0 Å². The smallest absolute Gasteiger partial charge is 0.264 e. The van der Waals surface area contributed by atoms with Gasteiger partial charge in [-0.05, 0) is 66.2 Å². The number of ether oxygens (including phenoxy) is 1. The van der Waals surface area contributed by atoms with E-state index < -0.39 is 0 Å². The molecule has 162 valence electrons. The van der Waals surface area contributed by atoms with Crippen molar-refractivity contribution in [1.82, 2.24) is 9.80 Å². The van der Waals surface area contributed by atoms with Crippen molar-refractivity contribution in [1.29, 1.82) is 0 Å². The van der Waals surface area contributed by atoms with Gasteiger partial charge in [0.2, 0.25) is 0 Å². The molecule has 0 spiro atoms. The van der Waals surface area contributed by atoms with Gasteiger partial charge in [-0.2, -0.15) is 0 Å². The first-order valence-corrected chi connectivity index (χ1v) is 11.4. The lowest BCUT2D eigenvalue weighted by molar-refractivity contribution is 0.0633. The fraction of sp³-hybridized carbons (Fsp3) is 0.320. The fourth-order valence-electron chi connectivity index (χ4n) is 3.69. The van der Waals surface area contributed by atoms with E-state index in [9.17, 15) is 9.18 Å². The summed E-state index contributed by atoms with van der Waals surface area (Å²) in [5.41, 5.74) is 4.42. The molecule has 31 heavy (non-hydrogen) atoms. The average molecular weight is 439 g/mol. The van der Waals surface area contributed by atoms with Crippen molar-refractivity contribution >= 4 is 17.2 Å². The van der Waals surface area contributed by atoms with Gasteiger partial charge in [-0.3, -0.25) is 9.69 Å². The van der Waals surface area contributed by atoms with Crippen molar-refractivity contribution in [2.75, 3.05) is 26.2 Å². The number of thiophene rings is 1. The van der Waals surface area contributed by atoms with Crippen molar-refractivity contribution in [3.63, 3.8) is 0 Å². The third-order valence-electron chi connectivity index (χ3n) is 5.70. The van der Waals surface area contributed by atoms with E-state index in [0.717, 1.165) is 34.8 Å². The zero-order valence-corrected chi connectivity index (χ0v) is 18.8. The molecule has 1 aliphatic rings. The fourth-order valence-corrected chi connectivity index (χ4v) is 4.56. The zero-order valence-electron chi connectivity index (χ0n) is 17.9. The van der Waals surface area contributed by atoms with Gasteiger partial charge in [-0.15, -0.1) is 11.3 Å². The highest BCUT2D eigenvalue weighted by Crippen LogP contribution is 2.22. The summed E-state index contributed by atoms with van der Waals surface area (Å²) in [5.74, 6) is 0.714. The molecule has 2 aromatic carbocycles. The number of hydrogen-bond acceptors (Lipinski definition) is 4. The Kier molecular flexibility index (Phi) is 6.68. The van der Waals surface area contributed by atoms with Gasteiger partial charge in [0.1, 0.15) is 18.2 Å². The van der Waals surface area contributed by atoms with Crippen LogP contribution >= 0.6 is 11.3 Å². The Hall–Kier alpha value is -2.70. The maximum absolute atomic E-state index is 13.4. The number of rotatable bonds is 6. The normalized spacial score (nSPS) is 14.6. The second kappa shape index (κ2) is 9.62. The lowest BCUT2D eigenvalue weighted by Crippen LogP contribution is -2.48. The van der Waals surface area contributed by atoms with Crippen LogP contribution < -0.4 is 4.74 Å². The maximum atomic E-state index is 13.4. The van der Waals surface area contributed by atoms with Crippen molar-refractivity contribution in [3.8, 4) is 5.75 Å². The number of carbonyl (C=O) groups excluding carboxylic acids is 1. The Labute approximate surface area is 186 Å². The number of halogens is 1. The highest BCUT2D eigenvalue weighted by molar-refractivity contribution is 7.12. The summed E-state index contributed by atoms with van der Waals surface area (Å²) in [4.78, 5) is 17.8. The molecule has 0 N–H and O–H groups in total. The van der Waals surface area contributed by atoms with Crippen molar-refractivity contribution in [2.24, 2.45) is 0 Å². The minimum Gasteiger partial charge on any atom is -0.489 e. The molecular weight excluding hydrogens is 411 g/mol. The van der Waals surface area contributed by atoms with E-state index in [2.05, 4.69) is 24.8 Å². The second-order valence-corrected chi connectivity index (χ2v) is 8.96. The highest BCUT2D eigenvalue weighted by Gasteiger charge is 2.23. The van der Waals surface area contributed by atoms with Crippen molar-refractivity contribution < 1.29 is 13.9 Å². The molecule has 2 heterocycles. The largest absolute Gasteiger partial charge is 0.489 e. The Morgan fingerprint density at radius 2 is 1.81 bits per heavy atom. The van der Waals surface area contributed by atoms with Gasteiger partial charge in [-0.25, -0.2) is 4.39 Å². The van der Waals surface area contributed by atoms with E-state index in [0.29, 0.717) is 26.2 Å². The number of piperazine rings is 1. The van der Waals surface area contributed by atoms with E-state index >= 15 is 0 Å². The summed E-state index contributed by atoms with van der Waals surface area (Å²) >= 11 is 1.47. The third kappa shape index (κ3) is 5.51. The summed E-state index contributed by atoms with van der Waals surface area (Å²) < 4.78 is 19.3. The van der Waals surface area contributed by atoms with Crippen LogP contribution in [0.4, 0.5) is 4.39 Å². The summed E-state index contributed by atoms with van der Waals surface area (Å²) in [6.07, 6.45) is 0. The topological polar surface area (TPSA) is 32.8 Å². The van der Waals surface area contributed by atoms with Crippen molar-refractivity contribution in [2.45, 2.75) is 27.0 Å². The van der Waals surface area contributed by atoms with Crippen LogP contribution in [-0.2, 0) is 13.2 Å². The molecule has 4 nitrogen and oxygen atoms in total. The van der Waals surface area contributed by atoms with E-state index in [1.165, 1.54) is 28.5 Å². The average Bonchev–Trinajstić information content (AvgIpc) is 3.24. The molecule has 0 radical (unpaired) electrons. The van der Waals surface area contributed by atoms with E-state index in [-0.39, 0.29) is 11.7 Å². The molecule has 1 fully saturated rings. The lowest BCUT2D eigenvalue weighted by atomic mass is 10.1. The Morgan fingerprint density at radius 3 is 2.55 bits per heavy atom. The van der Waals surface area contributed by atoms with Gasteiger partial charge in [0.05, 0.1) is 4.88 Å². The van der Waals surface area contributed by atoms with Crippen LogP contribution in [-0.4, -0.2) is 41.9 Å². The summed E-state index contributed by atoms with van der Waals surface area (Å²) in [5, 5.41) is 1.99. The first-order valence-electron chi connectivity index (χ1n) is 10.5. The minimum atomic E-state index is -0.207. The molecule has 0 aliphatic carbocycles. The van der Waals surface area contributed by atoms with E-state index in [1.807, 2.05) is 34.5 Å². The molecule has 0 unspecified atom stereocenters. The monoisotopic (exact) mass is 438 g/mol. The summed E-state index contributed by atoms with van der Waals surface area (Å²) in [6, 6.07) is 14.7. The first kappa shape index (κ1) is 21.5. The predicted molar refractivity (Wildman–Crippen MR) is 122 cm³/mol. The highest BCUT2D eigenvalue weighted by atomic mass is 32.1.